The van der Waals surface area contributed by atoms with Crippen molar-refractivity contribution in [2.45, 2.75) is 37.8 Å². The number of carbonyl (C=O) groups excluding carboxylic acids is 2. The van der Waals surface area contributed by atoms with Crippen LogP contribution in [0.25, 0.3) is 0 Å². The molecule has 0 aromatic heterocycles. The smallest absolute Gasteiger partial charge is 0.264 e. The maximum atomic E-state index is 14.0. The molecule has 0 fully saturated rings. The van der Waals surface area contributed by atoms with Gasteiger partial charge in [-0.25, -0.2) is 8.42 Å². The van der Waals surface area contributed by atoms with Crippen molar-refractivity contribution in [2.75, 3.05) is 38.7 Å². The minimum atomic E-state index is -4.20. The Hall–Kier alpha value is -4.25. The first kappa shape index (κ1) is 31.3. The number of rotatable bonds is 14. The van der Waals surface area contributed by atoms with Gasteiger partial charge in [0.2, 0.25) is 11.8 Å². The molecule has 10 nitrogen and oxygen atoms in total. The molecular weight excluding hydrogens is 546 g/mol. The van der Waals surface area contributed by atoms with Gasteiger partial charge in [0.25, 0.3) is 10.0 Å². The number of hydrogen-bond acceptors (Lipinski definition) is 7. The summed E-state index contributed by atoms with van der Waals surface area (Å²) in [6.07, 6.45) is 0.729. The first-order valence-electron chi connectivity index (χ1n) is 13.2. The molecule has 0 bridgehead atoms. The zero-order valence-corrected chi connectivity index (χ0v) is 24.8. The van der Waals surface area contributed by atoms with Crippen molar-refractivity contribution in [3.63, 3.8) is 0 Å². The maximum absolute atomic E-state index is 14.0. The van der Waals surface area contributed by atoms with Crippen molar-refractivity contribution in [2.24, 2.45) is 0 Å². The maximum Gasteiger partial charge on any atom is 0.264 e. The summed E-state index contributed by atoms with van der Waals surface area (Å²) in [5.41, 5.74) is 0.949. The fourth-order valence-electron chi connectivity index (χ4n) is 4.13. The van der Waals surface area contributed by atoms with E-state index in [9.17, 15) is 18.0 Å². The van der Waals surface area contributed by atoms with Crippen LogP contribution in [-0.4, -0.2) is 65.6 Å². The van der Waals surface area contributed by atoms with E-state index in [0.717, 1.165) is 16.3 Å². The summed E-state index contributed by atoms with van der Waals surface area (Å²) in [6.45, 7) is 3.52. The molecule has 3 rings (SSSR count). The first-order chi connectivity index (χ1) is 19.7. The SMILES string of the molecule is CCCNC(=O)[C@H](C)N(Cc1ccc(OC)cc1)C(=O)CN(c1ccc(OC)c(OC)c1)S(=O)(=O)c1ccccc1. The van der Waals surface area contributed by atoms with Gasteiger partial charge in [-0.05, 0) is 55.3 Å². The third kappa shape index (κ3) is 7.69. The number of nitrogens with zero attached hydrogens (tertiary/aromatic N) is 2. The monoisotopic (exact) mass is 583 g/mol. The van der Waals surface area contributed by atoms with E-state index >= 15 is 0 Å². The summed E-state index contributed by atoms with van der Waals surface area (Å²) in [5.74, 6) is 0.454. The average molecular weight is 584 g/mol. The van der Waals surface area contributed by atoms with Gasteiger partial charge in [0.15, 0.2) is 11.5 Å². The Bertz CT molecular complexity index is 1410. The second-order valence-corrected chi connectivity index (χ2v) is 11.1. The molecule has 0 aliphatic carbocycles. The molecule has 3 aromatic carbocycles. The minimum Gasteiger partial charge on any atom is -0.497 e. The summed E-state index contributed by atoms with van der Waals surface area (Å²) in [4.78, 5) is 28.4. The molecule has 1 atom stereocenters. The molecule has 0 unspecified atom stereocenters. The van der Waals surface area contributed by atoms with Crippen LogP contribution in [0.2, 0.25) is 0 Å². The van der Waals surface area contributed by atoms with Crippen LogP contribution in [0, 0.1) is 0 Å². The zero-order chi connectivity index (χ0) is 30.0. The number of methoxy groups -OCH3 is 3. The van der Waals surface area contributed by atoms with Gasteiger partial charge in [-0.15, -0.1) is 0 Å². The lowest BCUT2D eigenvalue weighted by atomic mass is 10.1. The Kier molecular flexibility index (Phi) is 11.0. The summed E-state index contributed by atoms with van der Waals surface area (Å²) in [7, 11) is 0.274. The predicted octanol–water partition coefficient (Wildman–Crippen LogP) is 3.85. The molecule has 0 spiro atoms. The lowest BCUT2D eigenvalue weighted by Crippen LogP contribution is -2.51. The molecule has 3 aromatic rings. The number of hydrogen-bond donors (Lipinski definition) is 1. The van der Waals surface area contributed by atoms with Crippen LogP contribution in [0.5, 0.6) is 17.2 Å². The van der Waals surface area contributed by atoms with Gasteiger partial charge in [0.05, 0.1) is 31.9 Å². The summed E-state index contributed by atoms with van der Waals surface area (Å²) in [6, 6.07) is 18.7. The normalized spacial score (nSPS) is 11.7. The van der Waals surface area contributed by atoms with Crippen LogP contribution in [0.3, 0.4) is 0 Å². The second kappa shape index (κ2) is 14.4. The van der Waals surface area contributed by atoms with Gasteiger partial charge in [0, 0.05) is 19.2 Å². The van der Waals surface area contributed by atoms with Gasteiger partial charge in [-0.2, -0.15) is 0 Å². The van der Waals surface area contributed by atoms with Crippen molar-refractivity contribution in [1.29, 1.82) is 0 Å². The molecule has 1 N–H and O–H groups in total. The van der Waals surface area contributed by atoms with Crippen molar-refractivity contribution in [3.05, 3.63) is 78.4 Å². The lowest BCUT2D eigenvalue weighted by Gasteiger charge is -2.32. The Labute approximate surface area is 241 Å². The molecular formula is C30H37N3O7S. The topological polar surface area (TPSA) is 114 Å². The standard InChI is InChI=1S/C30H37N3O7S/c1-6-18-31-30(35)22(2)32(20-23-12-15-25(38-3)16-13-23)29(34)21-33(41(36,37)26-10-8-7-9-11-26)24-14-17-27(39-4)28(19-24)40-5/h7-17,19,22H,6,18,20-21H2,1-5H3,(H,31,35)/t22-/m0/s1. The van der Waals surface area contributed by atoms with Crippen LogP contribution >= 0.6 is 0 Å². The van der Waals surface area contributed by atoms with Crippen molar-refractivity contribution in [3.8, 4) is 17.2 Å². The summed E-state index contributed by atoms with van der Waals surface area (Å²) >= 11 is 0. The Balaban J connectivity index is 2.05. The molecule has 0 saturated heterocycles. The van der Waals surface area contributed by atoms with E-state index in [1.54, 1.807) is 68.6 Å². The largest absolute Gasteiger partial charge is 0.497 e. The van der Waals surface area contributed by atoms with Gasteiger partial charge in [-0.3, -0.25) is 13.9 Å². The van der Waals surface area contributed by atoms with Gasteiger partial charge in [0.1, 0.15) is 18.3 Å². The first-order valence-corrected chi connectivity index (χ1v) is 14.6. The summed E-state index contributed by atoms with van der Waals surface area (Å²) < 4.78 is 44.8. The van der Waals surface area contributed by atoms with Crippen molar-refractivity contribution >= 4 is 27.5 Å². The highest BCUT2D eigenvalue weighted by molar-refractivity contribution is 7.92. The molecule has 220 valence electrons. The number of anilines is 1. The third-order valence-electron chi connectivity index (χ3n) is 6.49. The van der Waals surface area contributed by atoms with E-state index in [0.29, 0.717) is 23.8 Å². The van der Waals surface area contributed by atoms with Crippen molar-refractivity contribution < 1.29 is 32.2 Å². The molecule has 0 heterocycles. The zero-order valence-electron chi connectivity index (χ0n) is 24.0. The quantitative estimate of drug-likeness (QED) is 0.307. The number of ether oxygens (including phenoxy) is 3. The van der Waals surface area contributed by atoms with Gasteiger partial charge >= 0.3 is 0 Å². The van der Waals surface area contributed by atoms with Crippen LogP contribution in [0.1, 0.15) is 25.8 Å². The average Bonchev–Trinajstić information content (AvgIpc) is 3.01. The molecule has 0 saturated carbocycles. The summed E-state index contributed by atoms with van der Waals surface area (Å²) in [5, 5.41) is 2.83. The Morgan fingerprint density at radius 3 is 2.12 bits per heavy atom. The Morgan fingerprint density at radius 2 is 1.54 bits per heavy atom. The predicted molar refractivity (Wildman–Crippen MR) is 157 cm³/mol. The highest BCUT2D eigenvalue weighted by atomic mass is 32.2. The van der Waals surface area contributed by atoms with E-state index in [1.807, 2.05) is 6.92 Å². The molecule has 11 heteroatoms. The van der Waals surface area contributed by atoms with Crippen LogP contribution < -0.4 is 23.8 Å². The fourth-order valence-corrected chi connectivity index (χ4v) is 5.56. The third-order valence-corrected chi connectivity index (χ3v) is 8.28. The fraction of sp³-hybridized carbons (Fsp3) is 0.333. The highest BCUT2D eigenvalue weighted by Gasteiger charge is 2.33. The number of amides is 2. The van der Waals surface area contributed by atoms with Gasteiger partial charge in [-0.1, -0.05) is 37.3 Å². The van der Waals surface area contributed by atoms with Crippen molar-refractivity contribution in [1.82, 2.24) is 10.2 Å². The van der Waals surface area contributed by atoms with E-state index in [2.05, 4.69) is 5.32 Å². The van der Waals surface area contributed by atoms with Gasteiger partial charge < -0.3 is 24.4 Å². The number of benzene rings is 3. The van der Waals surface area contributed by atoms with Crippen LogP contribution in [0.4, 0.5) is 5.69 Å². The van der Waals surface area contributed by atoms with E-state index in [4.69, 9.17) is 14.2 Å². The highest BCUT2D eigenvalue weighted by Crippen LogP contribution is 2.34. The minimum absolute atomic E-state index is 0.0121. The number of sulfonamides is 1. The van der Waals surface area contributed by atoms with E-state index in [1.165, 1.54) is 37.3 Å². The number of carbonyl (C=O) groups is 2. The Morgan fingerprint density at radius 1 is 0.878 bits per heavy atom. The number of nitrogens with one attached hydrogen (secondary N) is 1. The molecule has 2 amide bonds. The molecule has 0 aliphatic rings. The lowest BCUT2D eigenvalue weighted by molar-refractivity contribution is -0.139. The van der Waals surface area contributed by atoms with Crippen LogP contribution in [-0.2, 0) is 26.2 Å². The molecule has 0 radical (unpaired) electrons. The second-order valence-electron chi connectivity index (χ2n) is 9.20. The van der Waals surface area contributed by atoms with E-state index < -0.39 is 28.5 Å². The van der Waals surface area contributed by atoms with E-state index in [-0.39, 0.29) is 23.0 Å². The molecule has 41 heavy (non-hydrogen) atoms. The molecule has 0 aliphatic heterocycles. The van der Waals surface area contributed by atoms with Crippen LogP contribution in [0.15, 0.2) is 77.7 Å².